The Morgan fingerprint density at radius 3 is 1.28 bits per heavy atom. The minimum absolute atomic E-state index is 0.172. The second-order valence-electron chi connectivity index (χ2n) is 7.81. The van der Waals surface area contributed by atoms with E-state index >= 15 is 0 Å². The molecule has 0 radical (unpaired) electrons. The zero-order valence-electron chi connectivity index (χ0n) is 17.9. The summed E-state index contributed by atoms with van der Waals surface area (Å²) in [5.41, 5.74) is 2.56. The molecule has 0 spiro atoms. The van der Waals surface area contributed by atoms with Crippen molar-refractivity contribution in [2.45, 2.75) is 0 Å². The summed E-state index contributed by atoms with van der Waals surface area (Å²) in [5, 5.41) is 7.54. The minimum atomic E-state index is -0.363. The van der Waals surface area contributed by atoms with E-state index in [0.29, 0.717) is 32.8 Å². The van der Waals surface area contributed by atoms with Gasteiger partial charge in [0.25, 0.3) is 0 Å². The Balaban J connectivity index is 1.61. The van der Waals surface area contributed by atoms with E-state index in [9.17, 15) is 9.59 Å². The summed E-state index contributed by atoms with van der Waals surface area (Å²) in [6, 6.07) is 16.4. The Labute approximate surface area is 236 Å². The number of rotatable bonds is 4. The maximum atomic E-state index is 13.9. The van der Waals surface area contributed by atoms with Crippen LogP contribution in [0.4, 0.5) is 22.7 Å². The maximum absolute atomic E-state index is 13.9. The summed E-state index contributed by atoms with van der Waals surface area (Å²) in [4.78, 5) is 27.4. The van der Waals surface area contributed by atoms with E-state index in [0.717, 1.165) is 0 Å². The molecule has 0 aromatic heterocycles. The lowest BCUT2D eigenvalue weighted by Crippen LogP contribution is -2.23. The number of benzene rings is 4. The first-order valence-corrected chi connectivity index (χ1v) is 12.6. The molecule has 1 aliphatic rings. The highest BCUT2D eigenvalue weighted by molar-refractivity contribution is 6.50. The van der Waals surface area contributed by atoms with Crippen molar-refractivity contribution in [2.75, 3.05) is 10.6 Å². The Morgan fingerprint density at radius 2 is 0.861 bits per heavy atom. The Bertz CT molecular complexity index is 1490. The third-order valence-corrected chi connectivity index (χ3v) is 8.27. The molecule has 0 heterocycles. The molecule has 0 saturated carbocycles. The standard InChI is InChI=1S/C26H12Cl6N2O2/c27-13-7-9-17(23(31)21(13)29)33-15-5-1-3-11-19(15)26(36)20-12(25(11)35)4-2-6-16(20)34-18-10-8-14(28)22(30)24(18)32/h1-10,33-34H. The molecule has 0 amide bonds. The van der Waals surface area contributed by atoms with E-state index in [2.05, 4.69) is 10.6 Å². The molecular weight excluding hydrogens is 585 g/mol. The Hall–Kier alpha value is -2.44. The third kappa shape index (κ3) is 4.22. The number of carbonyl (C=O) groups excluding carboxylic acids is 2. The molecule has 4 nitrogen and oxygen atoms in total. The molecular formula is C26H12Cl6N2O2. The number of hydrogen-bond acceptors (Lipinski definition) is 4. The van der Waals surface area contributed by atoms with Crippen LogP contribution >= 0.6 is 69.6 Å². The van der Waals surface area contributed by atoms with E-state index in [-0.39, 0.29) is 53.9 Å². The summed E-state index contributed by atoms with van der Waals surface area (Å²) < 4.78 is 0. The molecule has 5 rings (SSSR count). The first kappa shape index (κ1) is 25.2. The van der Waals surface area contributed by atoms with Gasteiger partial charge in [-0.2, -0.15) is 0 Å². The molecule has 10 heteroatoms. The van der Waals surface area contributed by atoms with Gasteiger partial charge >= 0.3 is 0 Å². The summed E-state index contributed by atoms with van der Waals surface area (Å²) in [7, 11) is 0. The van der Waals surface area contributed by atoms with Crippen LogP contribution in [0.5, 0.6) is 0 Å². The predicted molar refractivity (Wildman–Crippen MR) is 149 cm³/mol. The summed E-state index contributed by atoms with van der Waals surface area (Å²) >= 11 is 37.2. The van der Waals surface area contributed by atoms with Crippen LogP contribution in [0.2, 0.25) is 30.1 Å². The monoisotopic (exact) mass is 594 g/mol. The van der Waals surface area contributed by atoms with Crippen molar-refractivity contribution in [1.29, 1.82) is 0 Å². The summed E-state index contributed by atoms with van der Waals surface area (Å²) in [6.07, 6.45) is 0. The molecule has 2 N–H and O–H groups in total. The van der Waals surface area contributed by atoms with Gasteiger partial charge in [-0.3, -0.25) is 9.59 Å². The average Bonchev–Trinajstić information content (AvgIpc) is 2.87. The summed E-state index contributed by atoms with van der Waals surface area (Å²) in [6.45, 7) is 0. The van der Waals surface area contributed by atoms with Crippen LogP contribution in [-0.2, 0) is 0 Å². The molecule has 0 saturated heterocycles. The molecule has 0 atom stereocenters. The van der Waals surface area contributed by atoms with Gasteiger partial charge in [0.05, 0.1) is 64.0 Å². The van der Waals surface area contributed by atoms with E-state index in [4.69, 9.17) is 69.6 Å². The van der Waals surface area contributed by atoms with Crippen LogP contribution < -0.4 is 10.6 Å². The molecule has 0 unspecified atom stereocenters. The van der Waals surface area contributed by atoms with Crippen LogP contribution in [-0.4, -0.2) is 11.6 Å². The van der Waals surface area contributed by atoms with Gasteiger partial charge in [0.1, 0.15) is 0 Å². The van der Waals surface area contributed by atoms with Crippen molar-refractivity contribution in [3.8, 4) is 0 Å². The number of anilines is 4. The number of nitrogens with one attached hydrogen (secondary N) is 2. The van der Waals surface area contributed by atoms with Crippen molar-refractivity contribution in [2.24, 2.45) is 0 Å². The minimum Gasteiger partial charge on any atom is -0.354 e. The molecule has 180 valence electrons. The summed E-state index contributed by atoms with van der Waals surface area (Å²) in [5.74, 6) is -0.662. The lowest BCUT2D eigenvalue weighted by atomic mass is 9.82. The van der Waals surface area contributed by atoms with Crippen LogP contribution in [0.1, 0.15) is 31.8 Å². The Morgan fingerprint density at radius 1 is 0.444 bits per heavy atom. The van der Waals surface area contributed by atoms with Crippen molar-refractivity contribution in [3.05, 3.63) is 113 Å². The van der Waals surface area contributed by atoms with E-state index in [1.165, 1.54) is 0 Å². The number of hydrogen-bond donors (Lipinski definition) is 2. The fraction of sp³-hybridized carbons (Fsp3) is 0. The van der Waals surface area contributed by atoms with E-state index < -0.39 is 0 Å². The lowest BCUT2D eigenvalue weighted by Gasteiger charge is -2.24. The molecule has 36 heavy (non-hydrogen) atoms. The fourth-order valence-corrected chi connectivity index (χ4v) is 5.15. The highest BCUT2D eigenvalue weighted by Gasteiger charge is 2.34. The van der Waals surface area contributed by atoms with Crippen molar-refractivity contribution < 1.29 is 9.59 Å². The molecule has 0 fully saturated rings. The van der Waals surface area contributed by atoms with Gasteiger partial charge in [0, 0.05) is 11.1 Å². The number of ketones is 2. The SMILES string of the molecule is O=C1c2cccc(Nc3ccc(Cl)c(Cl)c3Cl)c2C(=O)c2c(Nc3ccc(Cl)c(Cl)c3Cl)cccc21. The Kier molecular flexibility index (Phi) is 6.86. The van der Waals surface area contributed by atoms with E-state index in [1.807, 2.05) is 0 Å². The first-order chi connectivity index (χ1) is 17.2. The van der Waals surface area contributed by atoms with Gasteiger partial charge in [-0.25, -0.2) is 0 Å². The first-order valence-electron chi connectivity index (χ1n) is 10.4. The molecule has 4 aromatic carbocycles. The van der Waals surface area contributed by atoms with Crippen LogP contribution in [0, 0.1) is 0 Å². The van der Waals surface area contributed by atoms with Crippen LogP contribution in [0.3, 0.4) is 0 Å². The zero-order valence-corrected chi connectivity index (χ0v) is 22.4. The highest BCUT2D eigenvalue weighted by Crippen LogP contribution is 2.42. The molecule has 0 aliphatic heterocycles. The fourth-order valence-electron chi connectivity index (χ4n) is 3.99. The van der Waals surface area contributed by atoms with Crippen molar-refractivity contribution >= 4 is 104 Å². The number of fused-ring (bicyclic) bond motifs is 2. The number of halogens is 6. The van der Waals surface area contributed by atoms with Crippen LogP contribution in [0.15, 0.2) is 60.7 Å². The van der Waals surface area contributed by atoms with Gasteiger partial charge in [-0.15, -0.1) is 0 Å². The van der Waals surface area contributed by atoms with Crippen molar-refractivity contribution in [1.82, 2.24) is 0 Å². The van der Waals surface area contributed by atoms with Gasteiger partial charge in [-0.05, 0) is 36.4 Å². The van der Waals surface area contributed by atoms with Gasteiger partial charge in [0.15, 0.2) is 11.6 Å². The van der Waals surface area contributed by atoms with E-state index in [1.54, 1.807) is 60.7 Å². The highest BCUT2D eigenvalue weighted by atomic mass is 35.5. The second-order valence-corrected chi connectivity index (χ2v) is 10.1. The zero-order chi connectivity index (χ0) is 25.7. The predicted octanol–water partition coefficient (Wildman–Crippen LogP) is 9.87. The quantitative estimate of drug-likeness (QED) is 0.203. The maximum Gasteiger partial charge on any atom is 0.198 e. The molecule has 0 bridgehead atoms. The number of carbonyl (C=O) groups is 2. The van der Waals surface area contributed by atoms with Gasteiger partial charge in [0.2, 0.25) is 0 Å². The van der Waals surface area contributed by atoms with Gasteiger partial charge in [-0.1, -0.05) is 93.9 Å². The van der Waals surface area contributed by atoms with Crippen LogP contribution in [0.25, 0.3) is 0 Å². The largest absolute Gasteiger partial charge is 0.354 e. The normalized spacial score (nSPS) is 12.3. The second kappa shape index (κ2) is 9.79. The molecule has 4 aromatic rings. The topological polar surface area (TPSA) is 58.2 Å². The smallest absolute Gasteiger partial charge is 0.198 e. The average molecular weight is 597 g/mol. The van der Waals surface area contributed by atoms with Crippen molar-refractivity contribution in [3.63, 3.8) is 0 Å². The van der Waals surface area contributed by atoms with Gasteiger partial charge < -0.3 is 10.6 Å². The molecule has 1 aliphatic carbocycles. The lowest BCUT2D eigenvalue weighted by molar-refractivity contribution is 0.0980. The third-order valence-electron chi connectivity index (χ3n) is 5.68.